The van der Waals surface area contributed by atoms with Gasteiger partial charge in [0.15, 0.2) is 0 Å². The van der Waals surface area contributed by atoms with Crippen molar-refractivity contribution in [3.63, 3.8) is 0 Å². The molecule has 0 spiro atoms. The second-order valence-corrected chi connectivity index (χ2v) is 3.68. The third-order valence-corrected chi connectivity index (χ3v) is 2.40. The van der Waals surface area contributed by atoms with Gasteiger partial charge in [0.1, 0.15) is 11.4 Å². The van der Waals surface area contributed by atoms with Gasteiger partial charge >= 0.3 is 0 Å². The summed E-state index contributed by atoms with van der Waals surface area (Å²) in [6.07, 6.45) is 1.51. The van der Waals surface area contributed by atoms with E-state index in [9.17, 15) is 19.3 Å². The SMILES string of the molecule is O=C(NCc1ccn[nH]1)c1cc(F)ccc1[N+](=O)[O-]. The molecule has 2 aromatic rings. The van der Waals surface area contributed by atoms with E-state index < -0.39 is 22.3 Å². The van der Waals surface area contributed by atoms with Gasteiger partial charge in [0.05, 0.1) is 17.2 Å². The molecule has 0 saturated carbocycles. The first-order chi connectivity index (χ1) is 9.08. The van der Waals surface area contributed by atoms with Crippen LogP contribution >= 0.6 is 0 Å². The Kier molecular flexibility index (Phi) is 3.51. The summed E-state index contributed by atoms with van der Waals surface area (Å²) in [7, 11) is 0. The van der Waals surface area contributed by atoms with Gasteiger partial charge in [-0.1, -0.05) is 0 Å². The summed E-state index contributed by atoms with van der Waals surface area (Å²) in [6, 6.07) is 4.37. The number of hydrogen-bond acceptors (Lipinski definition) is 4. The van der Waals surface area contributed by atoms with Gasteiger partial charge in [-0.25, -0.2) is 4.39 Å². The van der Waals surface area contributed by atoms with Crippen LogP contribution in [0.4, 0.5) is 10.1 Å². The van der Waals surface area contributed by atoms with Crippen molar-refractivity contribution in [1.82, 2.24) is 15.5 Å². The molecule has 2 N–H and O–H groups in total. The van der Waals surface area contributed by atoms with E-state index in [4.69, 9.17) is 0 Å². The summed E-state index contributed by atoms with van der Waals surface area (Å²) in [5, 5.41) is 19.5. The predicted octanol–water partition coefficient (Wildman–Crippen LogP) is 1.39. The van der Waals surface area contributed by atoms with E-state index in [-0.39, 0.29) is 12.1 Å². The average molecular weight is 264 g/mol. The van der Waals surface area contributed by atoms with Crippen LogP contribution in [0.25, 0.3) is 0 Å². The molecule has 2 rings (SSSR count). The quantitative estimate of drug-likeness (QED) is 0.643. The molecule has 1 amide bonds. The Morgan fingerprint density at radius 3 is 2.89 bits per heavy atom. The van der Waals surface area contributed by atoms with Crippen molar-refractivity contribution in [1.29, 1.82) is 0 Å². The molecule has 0 bridgehead atoms. The zero-order valence-electron chi connectivity index (χ0n) is 9.59. The molecule has 7 nitrogen and oxygen atoms in total. The smallest absolute Gasteiger partial charge is 0.282 e. The summed E-state index contributed by atoms with van der Waals surface area (Å²) in [4.78, 5) is 21.8. The lowest BCUT2D eigenvalue weighted by atomic mass is 10.1. The minimum absolute atomic E-state index is 0.118. The first-order valence-corrected chi connectivity index (χ1v) is 5.28. The molecular formula is C11H9FN4O3. The van der Waals surface area contributed by atoms with Crippen molar-refractivity contribution >= 4 is 11.6 Å². The van der Waals surface area contributed by atoms with Crippen LogP contribution in [0, 0.1) is 15.9 Å². The number of carbonyl (C=O) groups excluding carboxylic acids is 1. The molecule has 1 aromatic heterocycles. The van der Waals surface area contributed by atoms with Crippen LogP contribution in [-0.2, 0) is 6.54 Å². The zero-order chi connectivity index (χ0) is 13.8. The number of amides is 1. The van der Waals surface area contributed by atoms with Crippen molar-refractivity contribution in [2.75, 3.05) is 0 Å². The third-order valence-electron chi connectivity index (χ3n) is 2.40. The number of hydrogen-bond donors (Lipinski definition) is 2. The third kappa shape index (κ3) is 2.92. The van der Waals surface area contributed by atoms with Crippen molar-refractivity contribution < 1.29 is 14.1 Å². The maximum absolute atomic E-state index is 13.1. The van der Waals surface area contributed by atoms with Crippen LogP contribution in [0.15, 0.2) is 30.5 Å². The number of rotatable bonds is 4. The average Bonchev–Trinajstić information content (AvgIpc) is 2.88. The number of nitro benzene ring substituents is 1. The van der Waals surface area contributed by atoms with Crippen LogP contribution in [0.5, 0.6) is 0 Å². The lowest BCUT2D eigenvalue weighted by molar-refractivity contribution is -0.385. The minimum atomic E-state index is -0.732. The van der Waals surface area contributed by atoms with Gasteiger partial charge in [-0.15, -0.1) is 0 Å². The number of nitrogens with zero attached hydrogens (tertiary/aromatic N) is 2. The highest BCUT2D eigenvalue weighted by atomic mass is 19.1. The van der Waals surface area contributed by atoms with E-state index >= 15 is 0 Å². The standard InChI is InChI=1S/C11H9FN4O3/c12-7-1-2-10(16(18)19)9(5-7)11(17)13-6-8-3-4-14-15-8/h1-5H,6H2,(H,13,17)(H,14,15). The summed E-state index contributed by atoms with van der Waals surface area (Å²) < 4.78 is 13.1. The summed E-state index contributed by atoms with van der Waals surface area (Å²) in [5.74, 6) is -1.43. The van der Waals surface area contributed by atoms with Gasteiger partial charge in [0.2, 0.25) is 0 Å². The molecular weight excluding hydrogens is 255 g/mol. The topological polar surface area (TPSA) is 101 Å². The lowest BCUT2D eigenvalue weighted by Gasteiger charge is -2.04. The highest BCUT2D eigenvalue weighted by Crippen LogP contribution is 2.19. The Bertz CT molecular complexity index is 612. The second-order valence-electron chi connectivity index (χ2n) is 3.68. The number of halogens is 1. The first-order valence-electron chi connectivity index (χ1n) is 5.28. The largest absolute Gasteiger partial charge is 0.346 e. The van der Waals surface area contributed by atoms with Crippen LogP contribution in [0.2, 0.25) is 0 Å². The van der Waals surface area contributed by atoms with E-state index in [0.717, 1.165) is 18.2 Å². The van der Waals surface area contributed by atoms with Crippen LogP contribution in [-0.4, -0.2) is 21.0 Å². The monoisotopic (exact) mass is 264 g/mol. The number of aromatic nitrogens is 2. The highest BCUT2D eigenvalue weighted by Gasteiger charge is 2.20. The van der Waals surface area contributed by atoms with Gasteiger partial charge in [-0.3, -0.25) is 20.0 Å². The number of carbonyl (C=O) groups is 1. The Balaban J connectivity index is 2.18. The fourth-order valence-electron chi connectivity index (χ4n) is 1.50. The maximum Gasteiger partial charge on any atom is 0.282 e. The van der Waals surface area contributed by atoms with E-state index in [1.807, 2.05) is 0 Å². The minimum Gasteiger partial charge on any atom is -0.346 e. The molecule has 1 aromatic carbocycles. The Labute approximate surface area is 106 Å². The van der Waals surface area contributed by atoms with Gasteiger partial charge < -0.3 is 5.32 Å². The van der Waals surface area contributed by atoms with E-state index in [1.165, 1.54) is 6.20 Å². The molecule has 8 heteroatoms. The van der Waals surface area contributed by atoms with E-state index in [2.05, 4.69) is 15.5 Å². The number of nitrogens with one attached hydrogen (secondary N) is 2. The predicted molar refractivity (Wildman–Crippen MR) is 62.8 cm³/mol. The number of nitro groups is 1. The number of benzene rings is 1. The van der Waals surface area contributed by atoms with E-state index in [0.29, 0.717) is 5.69 Å². The van der Waals surface area contributed by atoms with Crippen molar-refractivity contribution in [2.45, 2.75) is 6.54 Å². The fourth-order valence-corrected chi connectivity index (χ4v) is 1.50. The van der Waals surface area contributed by atoms with Crippen LogP contribution in [0.3, 0.4) is 0 Å². The lowest BCUT2D eigenvalue weighted by Crippen LogP contribution is -2.24. The van der Waals surface area contributed by atoms with E-state index in [1.54, 1.807) is 6.07 Å². The fraction of sp³-hybridized carbons (Fsp3) is 0.0909. The van der Waals surface area contributed by atoms with Crippen LogP contribution < -0.4 is 5.32 Å². The molecule has 0 aliphatic rings. The summed E-state index contributed by atoms with van der Waals surface area (Å²) >= 11 is 0. The number of aromatic amines is 1. The Hall–Kier alpha value is -2.77. The molecule has 19 heavy (non-hydrogen) atoms. The first kappa shape index (κ1) is 12.7. The second kappa shape index (κ2) is 5.25. The van der Waals surface area contributed by atoms with Crippen molar-refractivity contribution in [3.05, 3.63) is 57.7 Å². The highest BCUT2D eigenvalue weighted by molar-refractivity contribution is 5.98. The number of H-pyrrole nitrogens is 1. The molecule has 0 aliphatic carbocycles. The molecule has 0 fully saturated rings. The van der Waals surface area contributed by atoms with Gasteiger partial charge in [-0.2, -0.15) is 5.10 Å². The summed E-state index contributed by atoms with van der Waals surface area (Å²) in [6.45, 7) is 0.118. The molecule has 0 atom stereocenters. The molecule has 1 heterocycles. The molecule has 0 aliphatic heterocycles. The van der Waals surface area contributed by atoms with Gasteiger partial charge in [-0.05, 0) is 18.2 Å². The Morgan fingerprint density at radius 2 is 2.26 bits per heavy atom. The maximum atomic E-state index is 13.1. The van der Waals surface area contributed by atoms with Crippen molar-refractivity contribution in [2.24, 2.45) is 0 Å². The molecule has 98 valence electrons. The zero-order valence-corrected chi connectivity index (χ0v) is 9.59. The molecule has 0 radical (unpaired) electrons. The van der Waals surface area contributed by atoms with Crippen molar-refractivity contribution in [3.8, 4) is 0 Å². The normalized spacial score (nSPS) is 10.2. The summed E-state index contributed by atoms with van der Waals surface area (Å²) in [5.41, 5.74) is -0.125. The Morgan fingerprint density at radius 1 is 1.47 bits per heavy atom. The van der Waals surface area contributed by atoms with Gasteiger partial charge in [0, 0.05) is 12.3 Å². The molecule has 0 unspecified atom stereocenters. The van der Waals surface area contributed by atoms with Crippen LogP contribution in [0.1, 0.15) is 16.1 Å². The molecule has 0 saturated heterocycles. The van der Waals surface area contributed by atoms with Gasteiger partial charge in [0.25, 0.3) is 11.6 Å².